The lowest BCUT2D eigenvalue weighted by Crippen LogP contribution is -2.29. The van der Waals surface area contributed by atoms with Crippen LogP contribution in [0, 0.1) is 5.82 Å². The molecule has 0 radical (unpaired) electrons. The van der Waals surface area contributed by atoms with Crippen LogP contribution in [-0.2, 0) is 11.2 Å². The van der Waals surface area contributed by atoms with Crippen molar-refractivity contribution in [1.29, 1.82) is 0 Å². The van der Waals surface area contributed by atoms with E-state index in [4.69, 9.17) is 16.7 Å². The Kier molecular flexibility index (Phi) is 5.46. The smallest absolute Gasteiger partial charge is 0.341 e. The van der Waals surface area contributed by atoms with E-state index in [9.17, 15) is 18.8 Å². The zero-order chi connectivity index (χ0) is 20.4. The van der Waals surface area contributed by atoms with E-state index >= 15 is 0 Å². The first kappa shape index (κ1) is 19.6. The third kappa shape index (κ3) is 4.04. The second-order valence-electron chi connectivity index (χ2n) is 6.33. The molecule has 1 unspecified atom stereocenters. The summed E-state index contributed by atoms with van der Waals surface area (Å²) in [5.74, 6) is -2.23. The van der Waals surface area contributed by atoms with Crippen molar-refractivity contribution >= 4 is 34.4 Å². The predicted molar refractivity (Wildman–Crippen MR) is 103 cm³/mol. The number of hydrogen-bond acceptors (Lipinski definition) is 3. The van der Waals surface area contributed by atoms with Crippen molar-refractivity contribution in [2.24, 2.45) is 0 Å². The fourth-order valence-corrected chi connectivity index (χ4v) is 3.23. The van der Waals surface area contributed by atoms with E-state index in [-0.39, 0.29) is 12.0 Å². The maximum absolute atomic E-state index is 13.7. The molecule has 0 bridgehead atoms. The molecular formula is C20H16ClFN2O4. The molecule has 0 spiro atoms. The Bertz CT molecular complexity index is 1140. The topological polar surface area (TPSA) is 99.3 Å². The van der Waals surface area contributed by atoms with Gasteiger partial charge in [0.2, 0.25) is 5.91 Å². The molecule has 3 rings (SSSR count). The average molecular weight is 403 g/mol. The highest BCUT2D eigenvalue weighted by Gasteiger charge is 2.18. The van der Waals surface area contributed by atoms with E-state index in [1.807, 2.05) is 0 Å². The Balaban J connectivity index is 1.92. The van der Waals surface area contributed by atoms with Gasteiger partial charge in [0.25, 0.3) is 5.56 Å². The van der Waals surface area contributed by atoms with Crippen molar-refractivity contribution in [3.05, 3.63) is 80.3 Å². The van der Waals surface area contributed by atoms with Crippen LogP contribution in [0.2, 0.25) is 5.02 Å². The van der Waals surface area contributed by atoms with Crippen LogP contribution in [-0.4, -0.2) is 22.0 Å². The second-order valence-corrected chi connectivity index (χ2v) is 6.77. The van der Waals surface area contributed by atoms with E-state index in [1.165, 1.54) is 24.3 Å². The van der Waals surface area contributed by atoms with Crippen molar-refractivity contribution < 1.29 is 19.1 Å². The van der Waals surface area contributed by atoms with Gasteiger partial charge in [-0.2, -0.15) is 0 Å². The van der Waals surface area contributed by atoms with Gasteiger partial charge in [0.1, 0.15) is 11.4 Å². The lowest BCUT2D eigenvalue weighted by Gasteiger charge is -2.17. The van der Waals surface area contributed by atoms with Crippen LogP contribution in [0.3, 0.4) is 0 Å². The Morgan fingerprint density at radius 3 is 2.64 bits per heavy atom. The number of carbonyl (C=O) groups is 2. The van der Waals surface area contributed by atoms with Crippen molar-refractivity contribution in [2.45, 2.75) is 19.4 Å². The first-order valence-corrected chi connectivity index (χ1v) is 8.76. The molecule has 28 heavy (non-hydrogen) atoms. The minimum Gasteiger partial charge on any atom is -0.477 e. The summed E-state index contributed by atoms with van der Waals surface area (Å²) in [6.45, 7) is 1.69. The fourth-order valence-electron chi connectivity index (χ4n) is 3.00. The maximum Gasteiger partial charge on any atom is 0.341 e. The number of aromatic nitrogens is 1. The molecule has 1 amide bonds. The highest BCUT2D eigenvalue weighted by Crippen LogP contribution is 2.27. The van der Waals surface area contributed by atoms with Crippen LogP contribution >= 0.6 is 11.6 Å². The van der Waals surface area contributed by atoms with E-state index in [0.29, 0.717) is 21.5 Å². The molecule has 0 saturated carbocycles. The van der Waals surface area contributed by atoms with E-state index in [2.05, 4.69) is 10.3 Å². The van der Waals surface area contributed by atoms with Crippen molar-refractivity contribution in [3.8, 4) is 0 Å². The van der Waals surface area contributed by atoms with Gasteiger partial charge in [0, 0.05) is 10.4 Å². The van der Waals surface area contributed by atoms with Gasteiger partial charge in [-0.1, -0.05) is 29.8 Å². The third-order valence-electron chi connectivity index (χ3n) is 4.33. The van der Waals surface area contributed by atoms with Gasteiger partial charge in [-0.05, 0) is 42.3 Å². The van der Waals surface area contributed by atoms with Crippen LogP contribution in [0.4, 0.5) is 4.39 Å². The first-order chi connectivity index (χ1) is 13.3. The molecule has 0 saturated heterocycles. The molecule has 3 N–H and O–H groups in total. The minimum absolute atomic E-state index is 0.144. The molecule has 1 heterocycles. The number of aromatic amines is 1. The lowest BCUT2D eigenvalue weighted by atomic mass is 10.0. The van der Waals surface area contributed by atoms with Crippen LogP contribution in [0.25, 0.3) is 10.9 Å². The zero-order valence-corrected chi connectivity index (χ0v) is 15.5. The molecule has 6 nitrogen and oxygen atoms in total. The fraction of sp³-hybridized carbons (Fsp3) is 0.150. The number of carboxylic acids is 1. The molecule has 1 atom stereocenters. The van der Waals surface area contributed by atoms with Gasteiger partial charge in [-0.3, -0.25) is 9.59 Å². The SMILES string of the molecule is CC(NC(=O)Cc1ccccc1F)c1cc(Cl)cc2cc(C(=O)O)c(=O)[nH]c12. The van der Waals surface area contributed by atoms with Crippen LogP contribution in [0.1, 0.15) is 34.5 Å². The summed E-state index contributed by atoms with van der Waals surface area (Å²) >= 11 is 6.12. The number of amides is 1. The number of halogens is 2. The molecule has 1 aromatic heterocycles. The third-order valence-corrected chi connectivity index (χ3v) is 4.55. The Morgan fingerprint density at radius 2 is 1.96 bits per heavy atom. The van der Waals surface area contributed by atoms with E-state index in [0.717, 1.165) is 0 Å². The summed E-state index contributed by atoms with van der Waals surface area (Å²) in [5.41, 5.74) is -0.00964. The molecule has 3 aromatic rings. The lowest BCUT2D eigenvalue weighted by molar-refractivity contribution is -0.121. The van der Waals surface area contributed by atoms with Gasteiger partial charge in [0.05, 0.1) is 18.0 Å². The zero-order valence-electron chi connectivity index (χ0n) is 14.8. The normalized spacial score (nSPS) is 12.0. The second kappa shape index (κ2) is 7.82. The highest BCUT2D eigenvalue weighted by atomic mass is 35.5. The molecule has 8 heteroatoms. The quantitative estimate of drug-likeness (QED) is 0.608. The molecule has 0 aliphatic heterocycles. The average Bonchev–Trinajstić information content (AvgIpc) is 2.62. The first-order valence-electron chi connectivity index (χ1n) is 8.39. The summed E-state index contributed by atoms with van der Waals surface area (Å²) in [5, 5.41) is 12.6. The largest absolute Gasteiger partial charge is 0.477 e. The van der Waals surface area contributed by atoms with Crippen LogP contribution < -0.4 is 10.9 Å². The van der Waals surface area contributed by atoms with Crippen molar-refractivity contribution in [1.82, 2.24) is 10.3 Å². The van der Waals surface area contributed by atoms with Crippen LogP contribution in [0.15, 0.2) is 47.3 Å². The summed E-state index contributed by atoms with van der Waals surface area (Å²) < 4.78 is 13.7. The number of H-pyrrole nitrogens is 1. The molecule has 0 fully saturated rings. The standard InChI is InChI=1S/C20H16ClFN2O4/c1-10(23-17(25)8-11-4-2-3-5-16(11)22)14-9-13(21)6-12-7-15(20(27)28)19(26)24-18(12)14/h2-7,9-10H,8H2,1H3,(H,23,25)(H,24,26)(H,27,28). The Labute approximate surface area is 164 Å². The maximum atomic E-state index is 13.7. The molecular weight excluding hydrogens is 387 g/mol. The number of benzene rings is 2. The summed E-state index contributed by atoms with van der Waals surface area (Å²) in [6, 6.07) is 9.77. The van der Waals surface area contributed by atoms with Crippen molar-refractivity contribution in [3.63, 3.8) is 0 Å². The monoisotopic (exact) mass is 402 g/mol. The van der Waals surface area contributed by atoms with Gasteiger partial charge in [-0.15, -0.1) is 0 Å². The number of hydrogen-bond donors (Lipinski definition) is 3. The predicted octanol–water partition coefficient (Wildman–Crippen LogP) is 3.44. The molecule has 2 aromatic carbocycles. The number of rotatable bonds is 5. The van der Waals surface area contributed by atoms with Gasteiger partial charge in [0.15, 0.2) is 0 Å². The summed E-state index contributed by atoms with van der Waals surface area (Å²) in [6.07, 6.45) is -0.144. The van der Waals surface area contributed by atoms with E-state index in [1.54, 1.807) is 25.1 Å². The van der Waals surface area contributed by atoms with Gasteiger partial charge < -0.3 is 15.4 Å². The van der Waals surface area contributed by atoms with Gasteiger partial charge in [-0.25, -0.2) is 9.18 Å². The van der Waals surface area contributed by atoms with Gasteiger partial charge >= 0.3 is 5.97 Å². The number of nitrogens with one attached hydrogen (secondary N) is 2. The summed E-state index contributed by atoms with van der Waals surface area (Å²) in [7, 11) is 0. The molecule has 0 aliphatic rings. The summed E-state index contributed by atoms with van der Waals surface area (Å²) in [4.78, 5) is 38.1. The number of carbonyl (C=O) groups excluding carboxylic acids is 1. The van der Waals surface area contributed by atoms with E-state index < -0.39 is 34.9 Å². The minimum atomic E-state index is -1.35. The number of pyridine rings is 1. The number of carboxylic acid groups (broad SMARTS) is 1. The Hall–Kier alpha value is -3.19. The van der Waals surface area contributed by atoms with Crippen molar-refractivity contribution in [2.75, 3.05) is 0 Å². The molecule has 144 valence electrons. The number of aromatic carboxylic acids is 1. The highest BCUT2D eigenvalue weighted by molar-refractivity contribution is 6.31. The van der Waals surface area contributed by atoms with Crippen LogP contribution in [0.5, 0.6) is 0 Å². The molecule has 0 aliphatic carbocycles. The Morgan fingerprint density at radius 1 is 1.25 bits per heavy atom. The number of fused-ring (bicyclic) bond motifs is 1.